The molecular formula is C16H21N3O6. The van der Waals surface area contributed by atoms with Crippen molar-refractivity contribution in [1.29, 1.82) is 0 Å². The van der Waals surface area contributed by atoms with Gasteiger partial charge in [0.25, 0.3) is 5.69 Å². The first-order valence-corrected chi connectivity index (χ1v) is 7.83. The maximum Gasteiger partial charge on any atom is 0.410 e. The average molecular weight is 351 g/mol. The molecule has 0 radical (unpaired) electrons. The van der Waals surface area contributed by atoms with Gasteiger partial charge in [0, 0.05) is 32.2 Å². The smallest absolute Gasteiger partial charge is 0.410 e. The zero-order chi connectivity index (χ0) is 18.8. The average Bonchev–Trinajstić information content (AvgIpc) is 2.52. The highest BCUT2D eigenvalue weighted by Crippen LogP contribution is 2.30. The Morgan fingerprint density at radius 1 is 1.20 bits per heavy atom. The Hall–Kier alpha value is -2.84. The van der Waals surface area contributed by atoms with Crippen LogP contribution in [0.15, 0.2) is 18.2 Å². The molecule has 25 heavy (non-hydrogen) atoms. The molecule has 1 fully saturated rings. The highest BCUT2D eigenvalue weighted by Gasteiger charge is 2.29. The van der Waals surface area contributed by atoms with E-state index in [4.69, 9.17) is 9.84 Å². The minimum Gasteiger partial charge on any atom is -0.478 e. The molecule has 136 valence electrons. The van der Waals surface area contributed by atoms with Gasteiger partial charge in [-0.05, 0) is 32.9 Å². The molecule has 0 saturated carbocycles. The monoisotopic (exact) mass is 351 g/mol. The number of nitro benzene ring substituents is 1. The molecule has 1 aliphatic heterocycles. The number of nitro groups is 1. The first-order chi connectivity index (χ1) is 11.6. The van der Waals surface area contributed by atoms with E-state index < -0.39 is 22.6 Å². The number of carboxylic acids is 1. The Kier molecular flexibility index (Phi) is 5.15. The van der Waals surface area contributed by atoms with E-state index >= 15 is 0 Å². The number of aromatic carboxylic acids is 1. The van der Waals surface area contributed by atoms with Gasteiger partial charge in [-0.15, -0.1) is 0 Å². The van der Waals surface area contributed by atoms with Crippen molar-refractivity contribution in [2.45, 2.75) is 26.4 Å². The van der Waals surface area contributed by atoms with Gasteiger partial charge in [-0.25, -0.2) is 9.59 Å². The van der Waals surface area contributed by atoms with Gasteiger partial charge in [-0.3, -0.25) is 10.1 Å². The van der Waals surface area contributed by atoms with E-state index in [-0.39, 0.29) is 16.9 Å². The quantitative estimate of drug-likeness (QED) is 0.657. The number of ether oxygens (including phenoxy) is 1. The largest absolute Gasteiger partial charge is 0.478 e. The van der Waals surface area contributed by atoms with Gasteiger partial charge in [0.05, 0.1) is 10.5 Å². The first kappa shape index (κ1) is 18.5. The van der Waals surface area contributed by atoms with E-state index in [0.29, 0.717) is 26.2 Å². The molecule has 1 amide bonds. The molecule has 0 aromatic heterocycles. The van der Waals surface area contributed by atoms with Crippen molar-refractivity contribution in [3.63, 3.8) is 0 Å². The molecule has 0 aliphatic carbocycles. The van der Waals surface area contributed by atoms with Crippen molar-refractivity contribution in [3.05, 3.63) is 33.9 Å². The molecule has 1 saturated heterocycles. The summed E-state index contributed by atoms with van der Waals surface area (Å²) < 4.78 is 5.31. The highest BCUT2D eigenvalue weighted by atomic mass is 16.6. The van der Waals surface area contributed by atoms with Gasteiger partial charge >= 0.3 is 12.1 Å². The zero-order valence-corrected chi connectivity index (χ0v) is 14.4. The molecule has 1 heterocycles. The van der Waals surface area contributed by atoms with Gasteiger partial charge in [0.1, 0.15) is 11.3 Å². The molecule has 0 spiro atoms. The third-order valence-electron chi connectivity index (χ3n) is 3.69. The molecule has 0 bridgehead atoms. The minimum absolute atomic E-state index is 0.0184. The van der Waals surface area contributed by atoms with Crippen LogP contribution in [-0.2, 0) is 4.74 Å². The lowest BCUT2D eigenvalue weighted by Gasteiger charge is -2.36. The third-order valence-corrected chi connectivity index (χ3v) is 3.69. The molecule has 1 N–H and O–H groups in total. The number of anilines is 1. The Labute approximate surface area is 144 Å². The summed E-state index contributed by atoms with van der Waals surface area (Å²) in [7, 11) is 0. The summed E-state index contributed by atoms with van der Waals surface area (Å²) in [5, 5.41) is 20.3. The summed E-state index contributed by atoms with van der Waals surface area (Å²) in [5.41, 5.74) is -0.525. The number of piperazine rings is 1. The van der Waals surface area contributed by atoms with E-state index in [0.717, 1.165) is 0 Å². The lowest BCUT2D eigenvalue weighted by molar-refractivity contribution is -0.384. The number of hydrogen-bond donors (Lipinski definition) is 1. The summed E-state index contributed by atoms with van der Waals surface area (Å²) in [4.78, 5) is 37.1. The predicted octanol–water partition coefficient (Wildman–Crippen LogP) is 2.35. The van der Waals surface area contributed by atoms with Crippen LogP contribution in [0.2, 0.25) is 0 Å². The van der Waals surface area contributed by atoms with E-state index in [2.05, 4.69) is 0 Å². The van der Waals surface area contributed by atoms with Gasteiger partial charge < -0.3 is 19.6 Å². The third kappa shape index (κ3) is 4.59. The Morgan fingerprint density at radius 2 is 1.80 bits per heavy atom. The zero-order valence-electron chi connectivity index (χ0n) is 14.4. The van der Waals surface area contributed by atoms with Crippen LogP contribution in [0.3, 0.4) is 0 Å². The summed E-state index contributed by atoms with van der Waals surface area (Å²) in [6, 6.07) is 3.70. The number of rotatable bonds is 3. The second kappa shape index (κ2) is 6.96. The van der Waals surface area contributed by atoms with Crippen molar-refractivity contribution >= 4 is 23.4 Å². The molecule has 0 atom stereocenters. The minimum atomic E-state index is -1.15. The van der Waals surface area contributed by atoms with Crippen molar-refractivity contribution < 1.29 is 24.4 Å². The fourth-order valence-electron chi connectivity index (χ4n) is 2.52. The number of hydrogen-bond acceptors (Lipinski definition) is 6. The number of nitrogens with zero attached hydrogens (tertiary/aromatic N) is 3. The van der Waals surface area contributed by atoms with Gasteiger partial charge in [0.2, 0.25) is 0 Å². The number of benzene rings is 1. The number of carbonyl (C=O) groups is 2. The van der Waals surface area contributed by atoms with Gasteiger partial charge in [-0.2, -0.15) is 0 Å². The number of carboxylic acid groups (broad SMARTS) is 1. The molecule has 1 aliphatic rings. The van der Waals surface area contributed by atoms with Crippen LogP contribution < -0.4 is 4.90 Å². The van der Waals surface area contributed by atoms with E-state index in [1.54, 1.807) is 25.7 Å². The van der Waals surface area contributed by atoms with E-state index in [9.17, 15) is 19.7 Å². The van der Waals surface area contributed by atoms with Crippen LogP contribution >= 0.6 is 0 Å². The van der Waals surface area contributed by atoms with Crippen molar-refractivity contribution in [3.8, 4) is 0 Å². The Balaban J connectivity index is 2.14. The normalized spacial score (nSPS) is 15.0. The summed E-state index contributed by atoms with van der Waals surface area (Å²) in [5.74, 6) is -1.15. The maximum atomic E-state index is 12.1. The number of carbonyl (C=O) groups excluding carboxylic acids is 1. The highest BCUT2D eigenvalue weighted by molar-refractivity contribution is 5.90. The van der Waals surface area contributed by atoms with Crippen LogP contribution in [0.4, 0.5) is 16.2 Å². The van der Waals surface area contributed by atoms with Crippen LogP contribution in [-0.4, -0.2) is 58.8 Å². The second-order valence-electron chi connectivity index (χ2n) is 6.72. The van der Waals surface area contributed by atoms with Crippen LogP contribution in [0, 0.1) is 10.1 Å². The number of amides is 1. The van der Waals surface area contributed by atoms with Crippen LogP contribution in [0.25, 0.3) is 0 Å². The summed E-state index contributed by atoms with van der Waals surface area (Å²) in [6.07, 6.45) is -0.430. The van der Waals surface area contributed by atoms with Crippen LogP contribution in [0.5, 0.6) is 0 Å². The Bertz CT molecular complexity index is 690. The molecular weight excluding hydrogens is 330 g/mol. The Morgan fingerprint density at radius 3 is 2.28 bits per heavy atom. The molecule has 1 aromatic rings. The van der Waals surface area contributed by atoms with Gasteiger partial charge in [0.15, 0.2) is 0 Å². The molecule has 9 nitrogen and oxygen atoms in total. The molecule has 2 rings (SSSR count). The van der Waals surface area contributed by atoms with Gasteiger partial charge in [-0.1, -0.05) is 0 Å². The topological polar surface area (TPSA) is 113 Å². The maximum absolute atomic E-state index is 12.1. The predicted molar refractivity (Wildman–Crippen MR) is 90.1 cm³/mol. The van der Waals surface area contributed by atoms with Crippen molar-refractivity contribution in [2.24, 2.45) is 0 Å². The van der Waals surface area contributed by atoms with E-state index in [1.165, 1.54) is 23.1 Å². The standard InChI is InChI=1S/C16H21N3O6/c1-16(2,3)25-15(22)18-8-6-17(7-9-18)13-10-11(14(20)21)4-5-12(13)19(23)24/h4-5,10H,6-9H2,1-3H3,(H,20,21). The van der Waals surface area contributed by atoms with Crippen molar-refractivity contribution in [1.82, 2.24) is 4.90 Å². The molecule has 1 aromatic carbocycles. The lowest BCUT2D eigenvalue weighted by atomic mass is 10.1. The van der Waals surface area contributed by atoms with E-state index in [1.807, 2.05) is 0 Å². The SMILES string of the molecule is CC(C)(C)OC(=O)N1CCN(c2cc(C(=O)O)ccc2[N+](=O)[O-])CC1. The summed E-state index contributed by atoms with van der Waals surface area (Å²) >= 11 is 0. The van der Waals surface area contributed by atoms with Crippen LogP contribution in [0.1, 0.15) is 31.1 Å². The second-order valence-corrected chi connectivity index (χ2v) is 6.72. The van der Waals surface area contributed by atoms with Crippen molar-refractivity contribution in [2.75, 3.05) is 31.1 Å². The fraction of sp³-hybridized carbons (Fsp3) is 0.500. The summed E-state index contributed by atoms with van der Waals surface area (Å²) in [6.45, 7) is 6.71. The first-order valence-electron chi connectivity index (χ1n) is 7.83. The lowest BCUT2D eigenvalue weighted by Crippen LogP contribution is -2.50. The molecule has 0 unspecified atom stereocenters. The molecule has 9 heteroatoms. The fourth-order valence-corrected chi connectivity index (χ4v) is 2.52.